The summed E-state index contributed by atoms with van der Waals surface area (Å²) < 4.78 is 4.51. The zero-order valence-corrected chi connectivity index (χ0v) is 5.83. The van der Waals surface area contributed by atoms with E-state index in [0.29, 0.717) is 0 Å². The molecule has 0 bridgehead atoms. The van der Waals surface area contributed by atoms with E-state index in [1.807, 2.05) is 0 Å². The van der Waals surface area contributed by atoms with Crippen molar-refractivity contribution in [1.29, 1.82) is 0 Å². The third kappa shape index (κ3) is 4.90. The van der Waals surface area contributed by atoms with E-state index in [1.165, 1.54) is 13.0 Å². The van der Waals surface area contributed by atoms with Gasteiger partial charge in [0.2, 0.25) is 0 Å². The van der Waals surface area contributed by atoms with Gasteiger partial charge in [-0.05, 0) is 6.92 Å². The highest BCUT2D eigenvalue weighted by Gasteiger charge is 1.94. The van der Waals surface area contributed by atoms with E-state index in [2.05, 4.69) is 11.3 Å². The van der Waals surface area contributed by atoms with Crippen LogP contribution in [0.4, 0.5) is 0 Å². The molecule has 0 aromatic carbocycles. The molecule has 0 aromatic rings. The van der Waals surface area contributed by atoms with E-state index in [9.17, 15) is 4.79 Å². The summed E-state index contributed by atoms with van der Waals surface area (Å²) in [6.45, 7) is 4.92. The van der Waals surface area contributed by atoms with E-state index in [-0.39, 0.29) is 12.4 Å². The molecule has 0 amide bonds. The monoisotopic (exact) mass is 142 g/mol. The van der Waals surface area contributed by atoms with Gasteiger partial charge in [0.15, 0.2) is 0 Å². The maximum atomic E-state index is 10.5. The predicted molar refractivity (Wildman–Crippen MR) is 37.5 cm³/mol. The van der Waals surface area contributed by atoms with E-state index in [0.717, 1.165) is 6.08 Å². The van der Waals surface area contributed by atoms with Gasteiger partial charge in [0.25, 0.3) is 0 Å². The van der Waals surface area contributed by atoms with Crippen molar-refractivity contribution in [2.24, 2.45) is 0 Å². The smallest absolute Gasteiger partial charge is 0.334 e. The molecule has 0 rings (SSSR count). The van der Waals surface area contributed by atoms with Crippen LogP contribution in [-0.4, -0.2) is 17.7 Å². The highest BCUT2D eigenvalue weighted by atomic mass is 16.5. The van der Waals surface area contributed by atoms with Gasteiger partial charge in [-0.1, -0.05) is 12.7 Å². The number of aliphatic hydroxyl groups excluding tert-OH is 1. The summed E-state index contributed by atoms with van der Waals surface area (Å²) in [6.07, 6.45) is 2.46. The van der Waals surface area contributed by atoms with Gasteiger partial charge in [-0.2, -0.15) is 0 Å². The molecule has 0 aliphatic carbocycles. The molecule has 0 atom stereocenters. The molecule has 0 saturated carbocycles. The van der Waals surface area contributed by atoms with Gasteiger partial charge in [-0.15, -0.1) is 0 Å². The Kier molecular flexibility index (Phi) is 4.04. The highest BCUT2D eigenvalue weighted by molar-refractivity contribution is 5.82. The summed E-state index contributed by atoms with van der Waals surface area (Å²) in [7, 11) is 0. The molecule has 0 aliphatic heterocycles. The summed E-state index contributed by atoms with van der Waals surface area (Å²) >= 11 is 0. The topological polar surface area (TPSA) is 46.5 Å². The Labute approximate surface area is 59.6 Å². The van der Waals surface area contributed by atoms with Crippen LogP contribution in [0.25, 0.3) is 0 Å². The van der Waals surface area contributed by atoms with E-state index in [1.54, 1.807) is 0 Å². The zero-order chi connectivity index (χ0) is 7.98. The standard InChI is InChI=1S/C7H10O3/c1-3-4-10-7(9)5-6(2)8/h3,5,8H,1,4H2,2H3/b6-5+. The minimum atomic E-state index is -0.556. The molecule has 3 heteroatoms. The SMILES string of the molecule is C=CCOC(=O)/C=C(\C)O. The van der Waals surface area contributed by atoms with Crippen LogP contribution < -0.4 is 0 Å². The van der Waals surface area contributed by atoms with Crippen LogP contribution in [0.2, 0.25) is 0 Å². The minimum absolute atomic E-state index is 0.0611. The van der Waals surface area contributed by atoms with Crippen molar-refractivity contribution >= 4 is 5.97 Å². The second-order valence-corrected chi connectivity index (χ2v) is 1.70. The van der Waals surface area contributed by atoms with Gasteiger partial charge in [0, 0.05) is 0 Å². The lowest BCUT2D eigenvalue weighted by molar-refractivity contribution is -0.136. The van der Waals surface area contributed by atoms with Crippen molar-refractivity contribution in [2.45, 2.75) is 6.92 Å². The minimum Gasteiger partial charge on any atom is -0.512 e. The van der Waals surface area contributed by atoms with Crippen LogP contribution in [-0.2, 0) is 9.53 Å². The molecule has 10 heavy (non-hydrogen) atoms. The van der Waals surface area contributed by atoms with Gasteiger partial charge in [-0.25, -0.2) is 4.79 Å². The third-order valence-corrected chi connectivity index (χ3v) is 0.670. The molecule has 0 radical (unpaired) electrons. The molecule has 0 aliphatic rings. The molecule has 0 saturated heterocycles. The summed E-state index contributed by atoms with van der Waals surface area (Å²) in [5.41, 5.74) is 0. The predicted octanol–water partition coefficient (Wildman–Crippen LogP) is 1.18. The van der Waals surface area contributed by atoms with Gasteiger partial charge in [0.1, 0.15) is 6.61 Å². The van der Waals surface area contributed by atoms with Crippen LogP contribution in [0.1, 0.15) is 6.92 Å². The van der Waals surface area contributed by atoms with Crippen molar-refractivity contribution in [3.05, 3.63) is 24.5 Å². The number of carbonyl (C=O) groups is 1. The molecule has 0 unspecified atom stereocenters. The second-order valence-electron chi connectivity index (χ2n) is 1.70. The van der Waals surface area contributed by atoms with Crippen molar-refractivity contribution < 1.29 is 14.6 Å². The average Bonchev–Trinajstić information content (AvgIpc) is 1.82. The molecule has 0 fully saturated rings. The van der Waals surface area contributed by atoms with Crippen LogP contribution >= 0.6 is 0 Å². The lowest BCUT2D eigenvalue weighted by atomic mass is 10.5. The number of ether oxygens (including phenoxy) is 1. The maximum Gasteiger partial charge on any atom is 0.334 e. The zero-order valence-electron chi connectivity index (χ0n) is 5.83. The Morgan fingerprint density at radius 1 is 1.80 bits per heavy atom. The Morgan fingerprint density at radius 2 is 2.40 bits per heavy atom. The quantitative estimate of drug-likeness (QED) is 0.278. The molecular weight excluding hydrogens is 132 g/mol. The lowest BCUT2D eigenvalue weighted by Gasteiger charge is -1.94. The highest BCUT2D eigenvalue weighted by Crippen LogP contribution is 1.87. The summed E-state index contributed by atoms with van der Waals surface area (Å²) in [5, 5.41) is 8.56. The van der Waals surface area contributed by atoms with Crippen molar-refractivity contribution in [2.75, 3.05) is 6.61 Å². The number of allylic oxidation sites excluding steroid dienone is 1. The first-order valence-corrected chi connectivity index (χ1v) is 2.81. The number of esters is 1. The van der Waals surface area contributed by atoms with Crippen molar-refractivity contribution in [1.82, 2.24) is 0 Å². The molecular formula is C7H10O3. The van der Waals surface area contributed by atoms with E-state index >= 15 is 0 Å². The number of hydrogen-bond acceptors (Lipinski definition) is 3. The van der Waals surface area contributed by atoms with Crippen LogP contribution in [0, 0.1) is 0 Å². The summed E-state index contributed by atoms with van der Waals surface area (Å²) in [6, 6.07) is 0. The van der Waals surface area contributed by atoms with E-state index in [4.69, 9.17) is 5.11 Å². The number of hydrogen-bond donors (Lipinski definition) is 1. The van der Waals surface area contributed by atoms with Crippen LogP contribution in [0.5, 0.6) is 0 Å². The Bertz CT molecular complexity index is 154. The van der Waals surface area contributed by atoms with Crippen LogP contribution in [0.15, 0.2) is 24.5 Å². The van der Waals surface area contributed by atoms with Crippen molar-refractivity contribution in [3.8, 4) is 0 Å². The number of aliphatic hydroxyl groups is 1. The Balaban J connectivity index is 3.64. The lowest BCUT2D eigenvalue weighted by Crippen LogP contribution is -2.00. The summed E-state index contributed by atoms with van der Waals surface area (Å²) in [5.74, 6) is -0.617. The normalized spacial score (nSPS) is 10.7. The largest absolute Gasteiger partial charge is 0.512 e. The fourth-order valence-corrected chi connectivity index (χ4v) is 0.353. The molecule has 3 nitrogen and oxygen atoms in total. The molecule has 0 heterocycles. The van der Waals surface area contributed by atoms with E-state index < -0.39 is 5.97 Å². The number of carbonyl (C=O) groups excluding carboxylic acids is 1. The molecule has 0 aromatic heterocycles. The first-order valence-electron chi connectivity index (χ1n) is 2.81. The summed E-state index contributed by atoms with van der Waals surface area (Å²) in [4.78, 5) is 10.5. The van der Waals surface area contributed by atoms with Gasteiger partial charge >= 0.3 is 5.97 Å². The van der Waals surface area contributed by atoms with Gasteiger partial charge in [-0.3, -0.25) is 0 Å². The molecule has 1 N–H and O–H groups in total. The fourth-order valence-electron chi connectivity index (χ4n) is 0.353. The third-order valence-electron chi connectivity index (χ3n) is 0.670. The average molecular weight is 142 g/mol. The van der Waals surface area contributed by atoms with Gasteiger partial charge in [0.05, 0.1) is 11.8 Å². The number of rotatable bonds is 3. The molecule has 0 spiro atoms. The van der Waals surface area contributed by atoms with Crippen LogP contribution in [0.3, 0.4) is 0 Å². The first kappa shape index (κ1) is 8.75. The van der Waals surface area contributed by atoms with Gasteiger partial charge < -0.3 is 9.84 Å². The Hall–Kier alpha value is -1.25. The fraction of sp³-hybridized carbons (Fsp3) is 0.286. The maximum absolute atomic E-state index is 10.5. The second kappa shape index (κ2) is 4.61. The molecule has 56 valence electrons. The van der Waals surface area contributed by atoms with Crippen molar-refractivity contribution in [3.63, 3.8) is 0 Å². The Morgan fingerprint density at radius 3 is 2.80 bits per heavy atom. The first-order chi connectivity index (χ1) is 4.66.